The van der Waals surface area contributed by atoms with E-state index in [0.29, 0.717) is 42.8 Å². The van der Waals surface area contributed by atoms with Crippen LogP contribution in [0.5, 0.6) is 0 Å². The van der Waals surface area contributed by atoms with Gasteiger partial charge in [-0.1, -0.05) is 93.5 Å². The Labute approximate surface area is 431 Å². The molecule has 2 aliphatic carbocycles. The van der Waals surface area contributed by atoms with Crippen molar-refractivity contribution in [3.63, 3.8) is 0 Å². The number of rotatable bonds is 6. The lowest BCUT2D eigenvalue weighted by atomic mass is 9.73. The van der Waals surface area contributed by atoms with Crippen LogP contribution < -0.4 is 11.5 Å². The molecule has 6 rings (SSSR count). The van der Waals surface area contributed by atoms with Crippen molar-refractivity contribution in [2.24, 2.45) is 68.6 Å². The van der Waals surface area contributed by atoms with Gasteiger partial charge in [0.15, 0.2) is 0 Å². The highest BCUT2D eigenvalue weighted by molar-refractivity contribution is 7.09. The second-order valence-corrected chi connectivity index (χ2v) is 24.2. The van der Waals surface area contributed by atoms with E-state index in [1.54, 1.807) is 41.5 Å². The van der Waals surface area contributed by atoms with Crippen LogP contribution in [0.15, 0.2) is 51.5 Å². The number of aliphatic hydroxyl groups excluding tert-OH is 4. The third kappa shape index (κ3) is 14.6. The Balaban J connectivity index is 0.000000267. The number of allylic oxidation sites excluding steroid dienone is 2. The number of nitrogens with two attached hydrogens (primary N) is 2. The molecule has 16 heteroatoms. The van der Waals surface area contributed by atoms with Crippen molar-refractivity contribution in [1.82, 2.24) is 9.97 Å². The smallest absolute Gasteiger partial charge is 0.309 e. The molecule has 400 valence electrons. The monoisotopic (exact) mass is 1020 g/mol. The van der Waals surface area contributed by atoms with Gasteiger partial charge in [-0.15, -0.1) is 11.3 Å². The third-order valence-corrected chi connectivity index (χ3v) is 17.4. The summed E-state index contributed by atoms with van der Waals surface area (Å²) in [6.45, 7) is 22.5. The largest absolute Gasteiger partial charge is 0.458 e. The molecule has 2 aromatic heterocycles. The summed E-state index contributed by atoms with van der Waals surface area (Å²) in [6.07, 6.45) is 12.7. The molecule has 15 nitrogen and oxygen atoms in total. The van der Waals surface area contributed by atoms with Crippen molar-refractivity contribution in [2.75, 3.05) is 0 Å². The molecule has 72 heavy (non-hydrogen) atoms. The van der Waals surface area contributed by atoms with Crippen molar-refractivity contribution < 1.29 is 53.5 Å². The molecule has 2 saturated carbocycles. The summed E-state index contributed by atoms with van der Waals surface area (Å²) in [5.74, 6) is -2.30. The number of nitrogens with zero attached hydrogens (tertiary/aromatic N) is 2. The number of thiazole rings is 1. The van der Waals surface area contributed by atoms with Gasteiger partial charge in [-0.2, -0.15) is 0 Å². The van der Waals surface area contributed by atoms with E-state index in [9.17, 15) is 39.6 Å². The average Bonchev–Trinajstić information content (AvgIpc) is 3.92. The number of hydrogen-bond donors (Lipinski definition) is 6. The predicted octanol–water partition coefficient (Wildman–Crippen LogP) is 8.08. The first-order valence-corrected chi connectivity index (χ1v) is 26.6. The maximum Gasteiger partial charge on any atom is 0.309 e. The number of ether oxygens (including phenoxy) is 2. The zero-order chi connectivity index (χ0) is 53.7. The third-order valence-electron chi connectivity index (χ3n) is 16.5. The molecule has 4 aliphatic rings. The zero-order valence-corrected chi connectivity index (χ0v) is 45.5. The highest BCUT2D eigenvalue weighted by atomic mass is 32.1. The molecule has 0 amide bonds. The number of Topliss-reactive ketones (excluding diaryl/α,β-unsaturated/α-hetero) is 2. The van der Waals surface area contributed by atoms with Gasteiger partial charge in [0.25, 0.3) is 0 Å². The van der Waals surface area contributed by atoms with E-state index < -0.39 is 71.2 Å². The molecule has 2 fully saturated rings. The summed E-state index contributed by atoms with van der Waals surface area (Å²) in [6, 6.07) is 0. The van der Waals surface area contributed by atoms with Gasteiger partial charge in [-0.25, -0.2) is 9.97 Å². The summed E-state index contributed by atoms with van der Waals surface area (Å²) in [5.41, 5.74) is 12.1. The molecule has 4 unspecified atom stereocenters. The fourth-order valence-electron chi connectivity index (χ4n) is 10.3. The predicted molar refractivity (Wildman–Crippen MR) is 278 cm³/mol. The maximum atomic E-state index is 13.2. The molecule has 2 aliphatic heterocycles. The van der Waals surface area contributed by atoms with Gasteiger partial charge in [0, 0.05) is 35.6 Å². The molecule has 0 aromatic carbocycles. The standard InChI is InChI=1S/C28H42N2O6.C28H42N2O5S/c1-16-8-7-9-28(6)13-19(28)11-21(17(2)10-20-15-35-23(14-29)30-20)36-24(32)12-22(31)27(4,5)26(34)18(3)25(16)33;1-16-8-7-9-28(6)13-19(28)11-21(17(2)10-20-15-36-23(14-29)30-20)35-24(32)12-22(31)27(4,5)26(34)18(3)25(16)33/h2*7-8,10,15-16,18-19,21-22,25,31,33H,9,11-14,29H2,1-6H3/b2*8-7+,17-10+/t2*16-,18+,19?,21-,22-,25-,28?/m00/s1. The first-order chi connectivity index (χ1) is 33.6. The van der Waals surface area contributed by atoms with Crippen LogP contribution in [0.1, 0.15) is 157 Å². The van der Waals surface area contributed by atoms with Crippen molar-refractivity contribution in [1.29, 1.82) is 0 Å². The molecule has 0 spiro atoms. The van der Waals surface area contributed by atoms with Gasteiger partial charge in [-0.05, 0) is 98.3 Å². The van der Waals surface area contributed by atoms with Crippen LogP contribution in [-0.2, 0) is 41.7 Å². The molecular weight excluding hydrogens is 937 g/mol. The fourth-order valence-corrected chi connectivity index (χ4v) is 11.0. The van der Waals surface area contributed by atoms with Gasteiger partial charge >= 0.3 is 11.9 Å². The minimum atomic E-state index is -1.25. The van der Waals surface area contributed by atoms with Crippen molar-refractivity contribution >= 4 is 47.0 Å². The van der Waals surface area contributed by atoms with E-state index >= 15 is 0 Å². The summed E-state index contributed by atoms with van der Waals surface area (Å²) in [7, 11) is 0. The van der Waals surface area contributed by atoms with Crippen LogP contribution >= 0.6 is 11.3 Å². The minimum Gasteiger partial charge on any atom is -0.458 e. The van der Waals surface area contributed by atoms with Crippen molar-refractivity contribution in [3.05, 3.63) is 69.4 Å². The van der Waals surface area contributed by atoms with Crippen LogP contribution in [0.2, 0.25) is 0 Å². The van der Waals surface area contributed by atoms with E-state index in [-0.39, 0.29) is 53.6 Å². The molecular formula is C56H84N4O11S. The van der Waals surface area contributed by atoms with Crippen LogP contribution in [-0.4, -0.2) is 90.5 Å². The molecule has 4 heterocycles. The number of carbonyl (C=O) groups is 4. The second kappa shape index (κ2) is 24.0. The summed E-state index contributed by atoms with van der Waals surface area (Å²) < 4.78 is 17.1. The normalized spacial score (nSPS) is 37.2. The number of hydrogen-bond acceptors (Lipinski definition) is 16. The number of cyclic esters (lactones) is 2. The highest BCUT2D eigenvalue weighted by Gasteiger charge is 2.52. The van der Waals surface area contributed by atoms with Crippen LogP contribution in [0.3, 0.4) is 0 Å². The number of ketones is 2. The molecule has 14 atom stereocenters. The number of aliphatic hydroxyl groups is 4. The van der Waals surface area contributed by atoms with E-state index in [2.05, 4.69) is 36.0 Å². The van der Waals surface area contributed by atoms with Crippen molar-refractivity contribution in [2.45, 2.75) is 184 Å². The lowest BCUT2D eigenvalue weighted by molar-refractivity contribution is -0.156. The Kier molecular flexibility index (Phi) is 19.6. The molecule has 0 saturated heterocycles. The second-order valence-electron chi connectivity index (χ2n) is 23.2. The average molecular weight is 1020 g/mol. The molecule has 2 aromatic rings. The fraction of sp³-hybridized carbons (Fsp3) is 0.679. The van der Waals surface area contributed by atoms with Gasteiger partial charge in [0.2, 0.25) is 5.89 Å². The van der Waals surface area contributed by atoms with Crippen molar-refractivity contribution in [3.8, 4) is 0 Å². The Morgan fingerprint density at radius 1 is 0.681 bits per heavy atom. The minimum absolute atomic E-state index is 0.0761. The van der Waals surface area contributed by atoms with E-state index in [4.69, 9.17) is 25.4 Å². The van der Waals surface area contributed by atoms with Crippen LogP contribution in [0, 0.1) is 57.2 Å². The topological polar surface area (TPSA) is 259 Å². The molecule has 0 bridgehead atoms. The van der Waals surface area contributed by atoms with E-state index in [1.807, 2.05) is 57.4 Å². The van der Waals surface area contributed by atoms with E-state index in [0.717, 1.165) is 47.5 Å². The lowest BCUT2D eigenvalue weighted by Crippen LogP contribution is -2.45. The number of fused-ring (bicyclic) bond motifs is 2. The Bertz CT molecular complexity index is 2190. The number of oxazole rings is 1. The Morgan fingerprint density at radius 2 is 1.11 bits per heavy atom. The Morgan fingerprint density at radius 3 is 1.50 bits per heavy atom. The number of carbonyl (C=O) groups excluding carboxylic acids is 4. The van der Waals surface area contributed by atoms with Gasteiger partial charge in [-0.3, -0.25) is 19.2 Å². The first-order valence-electron chi connectivity index (χ1n) is 25.7. The van der Waals surface area contributed by atoms with Gasteiger partial charge in [0.05, 0.1) is 60.3 Å². The molecule has 0 radical (unpaired) electrons. The number of aromatic nitrogens is 2. The zero-order valence-electron chi connectivity index (χ0n) is 44.7. The SMILES string of the molecule is C/C(=C\c1coc(CN)n1)[C@@H]1CC2CC2(C)C/C=C/[C@H](C)[C@H](O)[C@@H](C)C(=O)C(C)(C)[C@@H](O)CC(=O)O1.C/C(=C\c1csc(CN)n1)[C@@H]1CC2CC2(C)C/C=C/[C@H](C)[C@H](O)[C@@H](C)C(=O)C(C)(C)[C@@H](O)CC(=O)O1. The van der Waals surface area contributed by atoms with Crippen LogP contribution in [0.4, 0.5) is 0 Å². The summed E-state index contributed by atoms with van der Waals surface area (Å²) in [5, 5.41) is 46.2. The summed E-state index contributed by atoms with van der Waals surface area (Å²) in [4.78, 5) is 61.2. The quantitative estimate of drug-likeness (QED) is 0.118. The maximum absolute atomic E-state index is 13.2. The Hall–Kier alpha value is -4.16. The lowest BCUT2D eigenvalue weighted by Gasteiger charge is -2.34. The van der Waals surface area contributed by atoms with Gasteiger partial charge < -0.3 is 45.8 Å². The summed E-state index contributed by atoms with van der Waals surface area (Å²) >= 11 is 1.50. The number of esters is 2. The highest BCUT2D eigenvalue weighted by Crippen LogP contribution is 2.59. The molecule has 8 N–H and O–H groups in total. The van der Waals surface area contributed by atoms with Gasteiger partial charge in [0.1, 0.15) is 40.7 Å². The first kappa shape index (κ1) is 58.7. The van der Waals surface area contributed by atoms with E-state index in [1.165, 1.54) is 17.6 Å². The van der Waals surface area contributed by atoms with Crippen LogP contribution in [0.25, 0.3) is 12.2 Å².